The van der Waals surface area contributed by atoms with Crippen LogP contribution in [0.25, 0.3) is 0 Å². The van der Waals surface area contributed by atoms with Gasteiger partial charge in [0.1, 0.15) is 12.1 Å². The number of hydrogen-bond donors (Lipinski definition) is 3. The van der Waals surface area contributed by atoms with Gasteiger partial charge in [-0.2, -0.15) is 0 Å². The highest BCUT2D eigenvalue weighted by molar-refractivity contribution is 5.92. The van der Waals surface area contributed by atoms with Gasteiger partial charge in [0.05, 0.1) is 6.54 Å². The Morgan fingerprint density at radius 3 is 2.34 bits per heavy atom. The molecule has 0 spiro atoms. The number of carbonyl (C=O) groups is 4. The van der Waals surface area contributed by atoms with Crippen molar-refractivity contribution >= 4 is 23.6 Å². The summed E-state index contributed by atoms with van der Waals surface area (Å²) in [6.45, 7) is 7.96. The van der Waals surface area contributed by atoms with E-state index in [0.29, 0.717) is 32.4 Å². The number of benzene rings is 1. The van der Waals surface area contributed by atoms with Gasteiger partial charge in [-0.05, 0) is 31.2 Å². The van der Waals surface area contributed by atoms with Crippen molar-refractivity contribution in [1.29, 1.82) is 0 Å². The summed E-state index contributed by atoms with van der Waals surface area (Å²) in [5.41, 5.74) is 0.929. The molecule has 0 unspecified atom stereocenters. The molecule has 1 heterocycles. The van der Waals surface area contributed by atoms with E-state index in [-0.39, 0.29) is 36.1 Å². The first-order valence-electron chi connectivity index (χ1n) is 11.4. The Balaban J connectivity index is 2.25. The number of hydrogen-bond acceptors (Lipinski definition) is 4. The van der Waals surface area contributed by atoms with Gasteiger partial charge in [-0.25, -0.2) is 0 Å². The SMILES string of the molecule is CC(C)CN1CC(=O)N[C@@H](Cc2ccccc2)C(=O)NCCC[C@H](C)C(=O)N[C@@H](C)C1=O. The van der Waals surface area contributed by atoms with Crippen molar-refractivity contribution in [2.24, 2.45) is 11.8 Å². The minimum Gasteiger partial charge on any atom is -0.354 e. The summed E-state index contributed by atoms with van der Waals surface area (Å²) in [7, 11) is 0. The minimum atomic E-state index is -0.749. The van der Waals surface area contributed by atoms with Gasteiger partial charge in [-0.3, -0.25) is 19.2 Å². The highest BCUT2D eigenvalue weighted by Crippen LogP contribution is 2.09. The van der Waals surface area contributed by atoms with Crippen LogP contribution in [0.5, 0.6) is 0 Å². The fraction of sp³-hybridized carbons (Fsp3) is 0.583. The van der Waals surface area contributed by atoms with Crippen LogP contribution in [0.15, 0.2) is 30.3 Å². The minimum absolute atomic E-state index is 0.138. The van der Waals surface area contributed by atoms with Crippen LogP contribution >= 0.6 is 0 Å². The third-order valence-electron chi connectivity index (χ3n) is 5.46. The van der Waals surface area contributed by atoms with E-state index >= 15 is 0 Å². The van der Waals surface area contributed by atoms with Gasteiger partial charge in [0.2, 0.25) is 23.6 Å². The maximum atomic E-state index is 13.0. The first-order valence-corrected chi connectivity index (χ1v) is 11.4. The van der Waals surface area contributed by atoms with E-state index in [1.807, 2.05) is 51.1 Å². The largest absolute Gasteiger partial charge is 0.354 e. The molecule has 0 aliphatic carbocycles. The van der Waals surface area contributed by atoms with Gasteiger partial charge in [0, 0.05) is 25.4 Å². The summed E-state index contributed by atoms with van der Waals surface area (Å²) in [5.74, 6) is -1.35. The molecule has 0 aromatic heterocycles. The highest BCUT2D eigenvalue weighted by Gasteiger charge is 2.28. The average Bonchev–Trinajstić information content (AvgIpc) is 2.74. The van der Waals surface area contributed by atoms with Crippen LogP contribution in [0.2, 0.25) is 0 Å². The lowest BCUT2D eigenvalue weighted by Gasteiger charge is -2.28. The molecule has 3 atom stereocenters. The second kappa shape index (κ2) is 12.2. The molecule has 1 aromatic carbocycles. The quantitative estimate of drug-likeness (QED) is 0.650. The van der Waals surface area contributed by atoms with E-state index in [2.05, 4.69) is 16.0 Å². The number of rotatable bonds is 4. The van der Waals surface area contributed by atoms with Crippen LogP contribution in [0, 0.1) is 11.8 Å². The monoisotopic (exact) mass is 444 g/mol. The predicted molar refractivity (Wildman–Crippen MR) is 123 cm³/mol. The molecule has 3 N–H and O–H groups in total. The topological polar surface area (TPSA) is 108 Å². The number of amides is 4. The predicted octanol–water partition coefficient (Wildman–Crippen LogP) is 1.25. The summed E-state index contributed by atoms with van der Waals surface area (Å²) >= 11 is 0. The van der Waals surface area contributed by atoms with Crippen molar-refractivity contribution in [2.45, 2.75) is 59.0 Å². The average molecular weight is 445 g/mol. The standard InChI is InChI=1S/C24H36N4O4/c1-16(2)14-28-15-21(29)27-20(13-19-10-6-5-7-11-19)23(31)25-12-8-9-17(3)22(30)26-18(4)24(28)32/h5-7,10-11,16-18,20H,8-9,12-15H2,1-4H3,(H,25,31)(H,26,30)(H,27,29)/t17-,18-,20-/m0/s1. The molecule has 1 saturated heterocycles. The molecular weight excluding hydrogens is 408 g/mol. The van der Waals surface area contributed by atoms with Crippen LogP contribution in [0.4, 0.5) is 0 Å². The maximum Gasteiger partial charge on any atom is 0.245 e. The fourth-order valence-electron chi connectivity index (χ4n) is 3.71. The molecule has 8 nitrogen and oxygen atoms in total. The summed E-state index contributed by atoms with van der Waals surface area (Å²) in [4.78, 5) is 52.6. The van der Waals surface area contributed by atoms with E-state index in [1.165, 1.54) is 4.90 Å². The molecule has 1 aliphatic rings. The van der Waals surface area contributed by atoms with Crippen LogP contribution in [-0.4, -0.2) is 60.2 Å². The van der Waals surface area contributed by atoms with Crippen molar-refractivity contribution in [2.75, 3.05) is 19.6 Å². The van der Waals surface area contributed by atoms with Crippen molar-refractivity contribution in [3.63, 3.8) is 0 Å². The van der Waals surface area contributed by atoms with Crippen molar-refractivity contribution < 1.29 is 19.2 Å². The Hall–Kier alpha value is -2.90. The number of carbonyl (C=O) groups excluding carboxylic acids is 4. The Morgan fingerprint density at radius 1 is 1.00 bits per heavy atom. The van der Waals surface area contributed by atoms with Gasteiger partial charge in [0.25, 0.3) is 0 Å². The second-order valence-corrected chi connectivity index (χ2v) is 8.99. The van der Waals surface area contributed by atoms with Crippen LogP contribution in [0.1, 0.15) is 46.1 Å². The normalized spacial score (nSPS) is 24.3. The van der Waals surface area contributed by atoms with E-state index in [1.54, 1.807) is 6.92 Å². The maximum absolute atomic E-state index is 13.0. The van der Waals surface area contributed by atoms with Gasteiger partial charge in [-0.1, -0.05) is 51.1 Å². The Labute approximate surface area is 190 Å². The van der Waals surface area contributed by atoms with Gasteiger partial charge >= 0.3 is 0 Å². The summed E-state index contributed by atoms with van der Waals surface area (Å²) < 4.78 is 0. The Kier molecular flexibility index (Phi) is 9.68. The van der Waals surface area contributed by atoms with Gasteiger partial charge in [0.15, 0.2) is 0 Å². The molecular formula is C24H36N4O4. The molecule has 1 aromatic rings. The summed E-state index contributed by atoms with van der Waals surface area (Å²) in [5, 5.41) is 8.45. The molecule has 32 heavy (non-hydrogen) atoms. The zero-order chi connectivity index (χ0) is 23.7. The van der Waals surface area contributed by atoms with Crippen LogP contribution in [0.3, 0.4) is 0 Å². The smallest absolute Gasteiger partial charge is 0.245 e. The molecule has 1 fully saturated rings. The molecule has 2 rings (SSSR count). The lowest BCUT2D eigenvalue weighted by Crippen LogP contribution is -2.54. The zero-order valence-corrected chi connectivity index (χ0v) is 19.5. The lowest BCUT2D eigenvalue weighted by atomic mass is 10.0. The summed E-state index contributed by atoms with van der Waals surface area (Å²) in [6, 6.07) is 8.00. The van der Waals surface area contributed by atoms with Gasteiger partial charge in [-0.15, -0.1) is 0 Å². The molecule has 0 saturated carbocycles. The van der Waals surface area contributed by atoms with E-state index in [4.69, 9.17) is 0 Å². The van der Waals surface area contributed by atoms with Crippen LogP contribution < -0.4 is 16.0 Å². The Bertz CT molecular complexity index is 796. The number of nitrogens with one attached hydrogen (secondary N) is 3. The molecule has 8 heteroatoms. The first kappa shape index (κ1) is 25.4. The van der Waals surface area contributed by atoms with Crippen molar-refractivity contribution in [1.82, 2.24) is 20.9 Å². The molecule has 0 radical (unpaired) electrons. The van der Waals surface area contributed by atoms with Crippen molar-refractivity contribution in [3.8, 4) is 0 Å². The third-order valence-corrected chi connectivity index (χ3v) is 5.46. The van der Waals surface area contributed by atoms with Gasteiger partial charge < -0.3 is 20.9 Å². The van der Waals surface area contributed by atoms with Crippen LogP contribution in [-0.2, 0) is 25.6 Å². The van der Waals surface area contributed by atoms with E-state index in [0.717, 1.165) is 5.56 Å². The lowest BCUT2D eigenvalue weighted by molar-refractivity contribution is -0.140. The van der Waals surface area contributed by atoms with E-state index < -0.39 is 18.0 Å². The highest BCUT2D eigenvalue weighted by atomic mass is 16.2. The molecule has 0 bridgehead atoms. The molecule has 176 valence electrons. The zero-order valence-electron chi connectivity index (χ0n) is 19.5. The molecule has 1 aliphatic heterocycles. The van der Waals surface area contributed by atoms with E-state index in [9.17, 15) is 19.2 Å². The third kappa shape index (κ3) is 7.98. The fourth-order valence-corrected chi connectivity index (χ4v) is 3.71. The second-order valence-electron chi connectivity index (χ2n) is 8.99. The first-order chi connectivity index (χ1) is 15.2. The Morgan fingerprint density at radius 2 is 1.69 bits per heavy atom. The molecule has 4 amide bonds. The summed E-state index contributed by atoms with van der Waals surface area (Å²) in [6.07, 6.45) is 1.55. The number of nitrogens with zero attached hydrogens (tertiary/aromatic N) is 1. The van der Waals surface area contributed by atoms with Crippen molar-refractivity contribution in [3.05, 3.63) is 35.9 Å².